The highest BCUT2D eigenvalue weighted by Gasteiger charge is 2.18. The topological polar surface area (TPSA) is 114 Å². The first-order valence-electron chi connectivity index (χ1n) is 10.0. The van der Waals surface area contributed by atoms with Gasteiger partial charge in [0.15, 0.2) is 11.4 Å². The molecule has 0 aromatic carbocycles. The maximum Gasteiger partial charge on any atom is 0.229 e. The van der Waals surface area contributed by atoms with E-state index in [1.807, 2.05) is 20.3 Å². The normalized spacial score (nSPS) is 14.2. The SMILES string of the molecule is CNc1nc(Nc2cnc(C#N)c(OC3CCCCC3)c2)ncc1-c1cnn(C)c1. The average Bonchev–Trinajstić information content (AvgIpc) is 3.20. The van der Waals surface area contributed by atoms with Gasteiger partial charge in [-0.25, -0.2) is 9.97 Å². The van der Waals surface area contributed by atoms with Crippen molar-refractivity contribution in [3.8, 4) is 22.9 Å². The molecule has 1 saturated carbocycles. The number of nitrogens with one attached hydrogen (secondary N) is 2. The van der Waals surface area contributed by atoms with Crippen molar-refractivity contribution >= 4 is 17.5 Å². The minimum Gasteiger partial charge on any atom is -0.487 e. The average molecular weight is 404 g/mol. The number of hydrogen-bond donors (Lipinski definition) is 2. The van der Waals surface area contributed by atoms with Crippen LogP contribution in [0.2, 0.25) is 0 Å². The van der Waals surface area contributed by atoms with Crippen molar-refractivity contribution in [2.24, 2.45) is 7.05 Å². The Kier molecular flexibility index (Phi) is 5.75. The lowest BCUT2D eigenvalue weighted by Gasteiger charge is -2.23. The number of ether oxygens (including phenoxy) is 1. The third kappa shape index (κ3) is 4.33. The Morgan fingerprint density at radius 1 is 1.17 bits per heavy atom. The minimum absolute atomic E-state index is 0.133. The predicted molar refractivity (Wildman–Crippen MR) is 114 cm³/mol. The smallest absolute Gasteiger partial charge is 0.229 e. The summed E-state index contributed by atoms with van der Waals surface area (Å²) in [6.07, 6.45) is 12.7. The van der Waals surface area contributed by atoms with Crippen LogP contribution in [-0.2, 0) is 7.05 Å². The van der Waals surface area contributed by atoms with Crippen molar-refractivity contribution in [2.75, 3.05) is 17.7 Å². The first-order valence-corrected chi connectivity index (χ1v) is 10.0. The van der Waals surface area contributed by atoms with Crippen molar-refractivity contribution in [1.82, 2.24) is 24.7 Å². The molecule has 154 valence electrons. The van der Waals surface area contributed by atoms with Crippen molar-refractivity contribution in [3.63, 3.8) is 0 Å². The molecule has 3 aromatic heterocycles. The van der Waals surface area contributed by atoms with Crippen LogP contribution in [0.25, 0.3) is 11.1 Å². The van der Waals surface area contributed by atoms with E-state index in [1.54, 1.807) is 29.3 Å². The number of pyridine rings is 1. The minimum atomic E-state index is 0.133. The second kappa shape index (κ2) is 8.78. The van der Waals surface area contributed by atoms with Crippen LogP contribution in [0.5, 0.6) is 5.75 Å². The molecule has 3 aromatic rings. The van der Waals surface area contributed by atoms with Gasteiger partial charge in [0.1, 0.15) is 11.9 Å². The van der Waals surface area contributed by atoms with Gasteiger partial charge in [-0.15, -0.1) is 0 Å². The van der Waals surface area contributed by atoms with E-state index in [9.17, 15) is 5.26 Å². The fraction of sp³-hybridized carbons (Fsp3) is 0.381. The monoisotopic (exact) mass is 404 g/mol. The predicted octanol–water partition coefficient (Wildman–Crippen LogP) is 3.64. The summed E-state index contributed by atoms with van der Waals surface area (Å²) in [5, 5.41) is 19.8. The number of aromatic nitrogens is 5. The number of nitrogens with zero attached hydrogens (tertiary/aromatic N) is 6. The molecule has 0 spiro atoms. The van der Waals surface area contributed by atoms with Gasteiger partial charge in [-0.05, 0) is 25.7 Å². The molecule has 0 unspecified atom stereocenters. The highest BCUT2D eigenvalue weighted by atomic mass is 16.5. The number of rotatable bonds is 6. The summed E-state index contributed by atoms with van der Waals surface area (Å²) in [4.78, 5) is 13.2. The van der Waals surface area contributed by atoms with Crippen LogP contribution in [0.4, 0.5) is 17.5 Å². The summed E-state index contributed by atoms with van der Waals surface area (Å²) in [6.45, 7) is 0. The Balaban J connectivity index is 1.56. The molecule has 3 heterocycles. The maximum absolute atomic E-state index is 9.38. The van der Waals surface area contributed by atoms with Crippen LogP contribution in [0, 0.1) is 11.3 Å². The molecule has 0 amide bonds. The van der Waals surface area contributed by atoms with Gasteiger partial charge < -0.3 is 15.4 Å². The molecular formula is C21H24N8O. The molecule has 0 atom stereocenters. The summed E-state index contributed by atoms with van der Waals surface area (Å²) in [5.74, 6) is 1.60. The standard InChI is InChI=1S/C21H24N8O/c1-23-20-17(14-10-26-29(2)13-14)12-25-21(28-20)27-15-8-19(18(9-22)24-11-15)30-16-6-4-3-5-7-16/h8,10-13,16H,3-7H2,1-2H3,(H2,23,25,27,28). The molecule has 0 radical (unpaired) electrons. The van der Waals surface area contributed by atoms with Crippen molar-refractivity contribution in [2.45, 2.75) is 38.2 Å². The molecule has 0 aliphatic heterocycles. The van der Waals surface area contributed by atoms with Crippen molar-refractivity contribution < 1.29 is 4.74 Å². The van der Waals surface area contributed by atoms with Gasteiger partial charge in [0.2, 0.25) is 5.95 Å². The van der Waals surface area contributed by atoms with Gasteiger partial charge in [0.05, 0.1) is 24.2 Å². The highest BCUT2D eigenvalue weighted by Crippen LogP contribution is 2.29. The zero-order valence-electron chi connectivity index (χ0n) is 17.1. The lowest BCUT2D eigenvalue weighted by atomic mass is 9.98. The maximum atomic E-state index is 9.38. The largest absolute Gasteiger partial charge is 0.487 e. The van der Waals surface area contributed by atoms with E-state index in [0.717, 1.165) is 36.8 Å². The van der Waals surface area contributed by atoms with E-state index >= 15 is 0 Å². The van der Waals surface area contributed by atoms with Crippen molar-refractivity contribution in [1.29, 1.82) is 5.26 Å². The quantitative estimate of drug-likeness (QED) is 0.640. The lowest BCUT2D eigenvalue weighted by molar-refractivity contribution is 0.154. The zero-order valence-corrected chi connectivity index (χ0v) is 17.1. The van der Waals surface area contributed by atoms with E-state index < -0.39 is 0 Å². The molecule has 1 fully saturated rings. The summed E-state index contributed by atoms with van der Waals surface area (Å²) < 4.78 is 7.83. The number of hydrogen-bond acceptors (Lipinski definition) is 8. The highest BCUT2D eigenvalue weighted by molar-refractivity contribution is 5.74. The first-order chi connectivity index (χ1) is 14.7. The van der Waals surface area contributed by atoms with Crippen LogP contribution >= 0.6 is 0 Å². The van der Waals surface area contributed by atoms with Gasteiger partial charge in [0, 0.05) is 43.7 Å². The Hall–Kier alpha value is -3.67. The lowest BCUT2D eigenvalue weighted by Crippen LogP contribution is -2.20. The molecule has 2 N–H and O–H groups in total. The molecular weight excluding hydrogens is 380 g/mol. The van der Waals surface area contributed by atoms with Gasteiger partial charge >= 0.3 is 0 Å². The second-order valence-corrected chi connectivity index (χ2v) is 7.29. The first kappa shape index (κ1) is 19.6. The summed E-state index contributed by atoms with van der Waals surface area (Å²) in [6, 6.07) is 3.90. The number of nitriles is 1. The Labute approximate surface area is 175 Å². The fourth-order valence-corrected chi connectivity index (χ4v) is 3.58. The summed E-state index contributed by atoms with van der Waals surface area (Å²) >= 11 is 0. The van der Waals surface area contributed by atoms with E-state index in [-0.39, 0.29) is 11.8 Å². The van der Waals surface area contributed by atoms with Gasteiger partial charge in [0.25, 0.3) is 0 Å². The van der Waals surface area contributed by atoms with Gasteiger partial charge in [-0.3, -0.25) is 4.68 Å². The third-order valence-electron chi connectivity index (χ3n) is 5.10. The molecule has 1 aliphatic carbocycles. The molecule has 4 rings (SSSR count). The summed E-state index contributed by atoms with van der Waals surface area (Å²) in [5.41, 5.74) is 2.73. The van der Waals surface area contributed by atoms with Crippen LogP contribution < -0.4 is 15.4 Å². The van der Waals surface area contributed by atoms with E-state index in [0.29, 0.717) is 23.2 Å². The molecule has 0 bridgehead atoms. The molecule has 1 aliphatic rings. The van der Waals surface area contributed by atoms with Gasteiger partial charge in [-0.2, -0.15) is 15.3 Å². The van der Waals surface area contributed by atoms with Crippen LogP contribution in [0.1, 0.15) is 37.8 Å². The molecule has 0 saturated heterocycles. The van der Waals surface area contributed by atoms with E-state index in [1.165, 1.54) is 6.42 Å². The molecule has 9 nitrogen and oxygen atoms in total. The third-order valence-corrected chi connectivity index (χ3v) is 5.10. The van der Waals surface area contributed by atoms with Crippen molar-refractivity contribution in [3.05, 3.63) is 36.5 Å². The van der Waals surface area contributed by atoms with Gasteiger partial charge in [-0.1, -0.05) is 6.42 Å². The van der Waals surface area contributed by atoms with E-state index in [2.05, 4.69) is 36.8 Å². The second-order valence-electron chi connectivity index (χ2n) is 7.29. The Morgan fingerprint density at radius 2 is 2.00 bits per heavy atom. The molecule has 9 heteroatoms. The van der Waals surface area contributed by atoms with Crippen LogP contribution in [0.3, 0.4) is 0 Å². The number of anilines is 3. The Morgan fingerprint density at radius 3 is 2.70 bits per heavy atom. The fourth-order valence-electron chi connectivity index (χ4n) is 3.58. The van der Waals surface area contributed by atoms with E-state index in [4.69, 9.17) is 4.74 Å². The zero-order chi connectivity index (χ0) is 20.9. The van der Waals surface area contributed by atoms with Crippen LogP contribution in [-0.4, -0.2) is 37.9 Å². The van der Waals surface area contributed by atoms with Crippen LogP contribution in [0.15, 0.2) is 30.9 Å². The Bertz CT molecular complexity index is 1070. The molecule has 30 heavy (non-hydrogen) atoms. The summed E-state index contributed by atoms with van der Waals surface area (Å²) in [7, 11) is 3.68. The number of aryl methyl sites for hydroxylation is 1.